The van der Waals surface area contributed by atoms with Crippen molar-refractivity contribution >= 4 is 12.1 Å². The van der Waals surface area contributed by atoms with Crippen LogP contribution < -0.4 is 10.1 Å². The van der Waals surface area contributed by atoms with E-state index >= 15 is 0 Å². The molecule has 5 heteroatoms. The van der Waals surface area contributed by atoms with Crippen molar-refractivity contribution in [3.8, 4) is 5.75 Å². The number of para-hydroxylation sites is 1. The molecule has 0 bridgehead atoms. The van der Waals surface area contributed by atoms with E-state index in [2.05, 4.69) is 5.32 Å². The molecule has 0 aliphatic rings. The maximum absolute atomic E-state index is 11.3. The maximum Gasteiger partial charge on any atom is 0.413 e. The summed E-state index contributed by atoms with van der Waals surface area (Å²) >= 11 is 0. The van der Waals surface area contributed by atoms with Crippen molar-refractivity contribution in [1.82, 2.24) is 5.32 Å². The molecule has 1 aromatic carbocycles. The van der Waals surface area contributed by atoms with Crippen LogP contribution in [-0.4, -0.2) is 23.2 Å². The lowest BCUT2D eigenvalue weighted by Crippen LogP contribution is -2.40. The lowest BCUT2D eigenvalue weighted by atomic mass is 10.2. The Hall–Kier alpha value is -2.04. The Labute approximate surface area is 93.0 Å². The molecule has 0 saturated carbocycles. The largest absolute Gasteiger partial charge is 0.480 e. The molecule has 0 spiro atoms. The van der Waals surface area contributed by atoms with Crippen LogP contribution in [-0.2, 0) is 4.79 Å². The number of carboxylic acid groups (broad SMARTS) is 1. The Morgan fingerprint density at radius 1 is 1.38 bits per heavy atom. The van der Waals surface area contributed by atoms with Gasteiger partial charge in [-0.2, -0.15) is 0 Å². The molecular weight excluding hydrogens is 210 g/mol. The van der Waals surface area contributed by atoms with Gasteiger partial charge in [-0.05, 0) is 25.5 Å². The predicted molar refractivity (Wildman–Crippen MR) is 57.4 cm³/mol. The smallest absolute Gasteiger partial charge is 0.413 e. The first-order valence-electron chi connectivity index (χ1n) is 4.77. The number of hydrogen-bond acceptors (Lipinski definition) is 3. The van der Waals surface area contributed by atoms with Gasteiger partial charge < -0.3 is 15.2 Å². The molecule has 0 heterocycles. The van der Waals surface area contributed by atoms with Crippen molar-refractivity contribution < 1.29 is 19.4 Å². The van der Waals surface area contributed by atoms with E-state index in [1.807, 2.05) is 6.07 Å². The average Bonchev–Trinajstić information content (AvgIpc) is 2.21. The second-order valence-electron chi connectivity index (χ2n) is 3.36. The van der Waals surface area contributed by atoms with Crippen LogP contribution in [0.15, 0.2) is 24.3 Å². The first-order valence-corrected chi connectivity index (χ1v) is 4.77. The number of amides is 1. The third kappa shape index (κ3) is 3.27. The Morgan fingerprint density at radius 3 is 2.56 bits per heavy atom. The van der Waals surface area contributed by atoms with Gasteiger partial charge in [-0.3, -0.25) is 4.79 Å². The standard InChI is InChI=1S/C11H13NO4/c1-7-5-3-4-6-9(7)16-11(15)12-8(2)10(13)14/h3-6,8H,1-2H3,(H,12,15)(H,13,14)/t8-/m0/s1. The van der Waals surface area contributed by atoms with E-state index in [-0.39, 0.29) is 0 Å². The van der Waals surface area contributed by atoms with Crippen LogP contribution in [0.2, 0.25) is 0 Å². The SMILES string of the molecule is Cc1ccccc1OC(=O)N[C@@H](C)C(=O)O. The first-order chi connectivity index (χ1) is 7.50. The van der Waals surface area contributed by atoms with Crippen LogP contribution >= 0.6 is 0 Å². The van der Waals surface area contributed by atoms with Gasteiger partial charge in [-0.1, -0.05) is 18.2 Å². The quantitative estimate of drug-likeness (QED) is 0.815. The molecule has 1 atom stereocenters. The van der Waals surface area contributed by atoms with Gasteiger partial charge in [-0.15, -0.1) is 0 Å². The number of carbonyl (C=O) groups excluding carboxylic acids is 1. The van der Waals surface area contributed by atoms with Crippen molar-refractivity contribution in [3.05, 3.63) is 29.8 Å². The summed E-state index contributed by atoms with van der Waals surface area (Å²) in [5.74, 6) is -0.695. The van der Waals surface area contributed by atoms with Gasteiger partial charge in [0.1, 0.15) is 11.8 Å². The molecule has 0 aliphatic carbocycles. The fourth-order valence-corrected chi connectivity index (χ4v) is 1.04. The van der Waals surface area contributed by atoms with E-state index in [0.29, 0.717) is 5.75 Å². The van der Waals surface area contributed by atoms with E-state index < -0.39 is 18.1 Å². The zero-order valence-corrected chi connectivity index (χ0v) is 9.06. The van der Waals surface area contributed by atoms with E-state index in [4.69, 9.17) is 9.84 Å². The van der Waals surface area contributed by atoms with E-state index in [1.165, 1.54) is 6.92 Å². The number of aryl methyl sites for hydroxylation is 1. The highest BCUT2D eigenvalue weighted by molar-refractivity contribution is 5.80. The van der Waals surface area contributed by atoms with Gasteiger partial charge in [0.05, 0.1) is 0 Å². The molecule has 0 fully saturated rings. The summed E-state index contributed by atoms with van der Waals surface area (Å²) < 4.78 is 4.95. The number of carboxylic acids is 1. The molecule has 0 saturated heterocycles. The number of carbonyl (C=O) groups is 2. The fourth-order valence-electron chi connectivity index (χ4n) is 1.04. The van der Waals surface area contributed by atoms with Crippen LogP contribution in [0.1, 0.15) is 12.5 Å². The van der Waals surface area contributed by atoms with Crippen molar-refractivity contribution in [2.24, 2.45) is 0 Å². The van der Waals surface area contributed by atoms with Gasteiger partial charge in [-0.25, -0.2) is 4.79 Å². The van der Waals surface area contributed by atoms with Crippen LogP contribution in [0.25, 0.3) is 0 Å². The second-order valence-corrected chi connectivity index (χ2v) is 3.36. The Bertz CT molecular complexity index is 403. The third-order valence-corrected chi connectivity index (χ3v) is 2.00. The summed E-state index contributed by atoms with van der Waals surface area (Å²) in [6, 6.07) is 6.01. The zero-order valence-electron chi connectivity index (χ0n) is 9.06. The Balaban J connectivity index is 2.59. The van der Waals surface area contributed by atoms with Crippen molar-refractivity contribution in [2.45, 2.75) is 19.9 Å². The summed E-state index contributed by atoms with van der Waals surface area (Å²) in [6.07, 6.45) is -0.774. The Kier molecular flexibility index (Phi) is 3.88. The zero-order chi connectivity index (χ0) is 12.1. The van der Waals surface area contributed by atoms with E-state index in [0.717, 1.165) is 5.56 Å². The molecule has 1 amide bonds. The number of benzene rings is 1. The molecular formula is C11H13NO4. The minimum Gasteiger partial charge on any atom is -0.480 e. The minimum absolute atomic E-state index is 0.414. The molecule has 1 rings (SSSR count). The first kappa shape index (κ1) is 12.0. The van der Waals surface area contributed by atoms with E-state index in [1.54, 1.807) is 25.1 Å². The highest BCUT2D eigenvalue weighted by Crippen LogP contribution is 2.16. The lowest BCUT2D eigenvalue weighted by Gasteiger charge is -2.10. The molecule has 16 heavy (non-hydrogen) atoms. The van der Waals surface area contributed by atoms with Crippen molar-refractivity contribution in [2.75, 3.05) is 0 Å². The second kappa shape index (κ2) is 5.16. The van der Waals surface area contributed by atoms with Crippen LogP contribution in [0, 0.1) is 6.92 Å². The molecule has 1 aromatic rings. The third-order valence-electron chi connectivity index (χ3n) is 2.00. The predicted octanol–water partition coefficient (Wildman–Crippen LogP) is 1.56. The molecule has 86 valence electrons. The van der Waals surface area contributed by atoms with Gasteiger partial charge in [0.2, 0.25) is 0 Å². The van der Waals surface area contributed by atoms with Crippen molar-refractivity contribution in [3.63, 3.8) is 0 Å². The molecule has 0 aliphatic heterocycles. The molecule has 0 radical (unpaired) electrons. The average molecular weight is 223 g/mol. The monoisotopic (exact) mass is 223 g/mol. The van der Waals surface area contributed by atoms with Gasteiger partial charge in [0, 0.05) is 0 Å². The molecule has 0 unspecified atom stereocenters. The minimum atomic E-state index is -1.11. The number of aliphatic carboxylic acids is 1. The number of rotatable bonds is 3. The summed E-state index contributed by atoms with van der Waals surface area (Å²) in [7, 11) is 0. The number of ether oxygens (including phenoxy) is 1. The summed E-state index contributed by atoms with van der Waals surface area (Å²) in [5.41, 5.74) is 0.806. The van der Waals surface area contributed by atoms with Crippen molar-refractivity contribution in [1.29, 1.82) is 0 Å². The number of nitrogens with one attached hydrogen (secondary N) is 1. The molecule has 0 aromatic heterocycles. The van der Waals surface area contributed by atoms with Crippen LogP contribution in [0.3, 0.4) is 0 Å². The highest BCUT2D eigenvalue weighted by Gasteiger charge is 2.15. The normalized spacial score (nSPS) is 11.6. The summed E-state index contributed by atoms with van der Waals surface area (Å²) in [5, 5.41) is 10.8. The van der Waals surface area contributed by atoms with Gasteiger partial charge in [0.25, 0.3) is 0 Å². The number of hydrogen-bond donors (Lipinski definition) is 2. The lowest BCUT2D eigenvalue weighted by molar-refractivity contribution is -0.138. The molecule has 2 N–H and O–H groups in total. The fraction of sp³-hybridized carbons (Fsp3) is 0.273. The van der Waals surface area contributed by atoms with E-state index in [9.17, 15) is 9.59 Å². The topological polar surface area (TPSA) is 75.6 Å². The summed E-state index contributed by atoms with van der Waals surface area (Å²) in [6.45, 7) is 3.16. The van der Waals surface area contributed by atoms with Crippen LogP contribution in [0.4, 0.5) is 4.79 Å². The summed E-state index contributed by atoms with van der Waals surface area (Å²) in [4.78, 5) is 21.8. The molecule has 5 nitrogen and oxygen atoms in total. The Morgan fingerprint density at radius 2 is 2.00 bits per heavy atom. The van der Waals surface area contributed by atoms with Gasteiger partial charge >= 0.3 is 12.1 Å². The van der Waals surface area contributed by atoms with Crippen LogP contribution in [0.5, 0.6) is 5.75 Å². The van der Waals surface area contributed by atoms with Gasteiger partial charge in [0.15, 0.2) is 0 Å². The maximum atomic E-state index is 11.3. The highest BCUT2D eigenvalue weighted by atomic mass is 16.6.